The van der Waals surface area contributed by atoms with Gasteiger partial charge in [0, 0.05) is 11.6 Å². The van der Waals surface area contributed by atoms with E-state index in [0.29, 0.717) is 11.1 Å². The Labute approximate surface area is 62.7 Å². The topological polar surface area (TPSA) is 43.1 Å². The number of carbonyl (C=O) groups excluding carboxylic acids is 1. The van der Waals surface area contributed by atoms with Crippen molar-refractivity contribution in [2.24, 2.45) is 0 Å². The van der Waals surface area contributed by atoms with E-state index in [-0.39, 0.29) is 0 Å². The van der Waals surface area contributed by atoms with E-state index in [4.69, 9.17) is 4.42 Å². The van der Waals surface area contributed by atoms with Gasteiger partial charge in [0.15, 0.2) is 11.9 Å². The number of aromatic nitrogens is 1. The summed E-state index contributed by atoms with van der Waals surface area (Å²) in [6.07, 6.45) is 5.42. The molecule has 0 unspecified atom stereocenters. The monoisotopic (exact) mass is 147 g/mol. The fourth-order valence-corrected chi connectivity index (χ4v) is 0.994. The van der Waals surface area contributed by atoms with Gasteiger partial charge in [-0.2, -0.15) is 0 Å². The fourth-order valence-electron chi connectivity index (χ4n) is 0.994. The van der Waals surface area contributed by atoms with Gasteiger partial charge in [0.25, 0.3) is 0 Å². The van der Waals surface area contributed by atoms with Gasteiger partial charge in [0.1, 0.15) is 6.26 Å². The van der Waals surface area contributed by atoms with E-state index in [1.807, 2.05) is 0 Å². The number of aldehydes is 1. The smallest absolute Gasteiger partial charge is 0.153 e. The van der Waals surface area contributed by atoms with E-state index < -0.39 is 0 Å². The summed E-state index contributed by atoms with van der Waals surface area (Å²) in [7, 11) is 0. The molecule has 2 aromatic rings. The third-order valence-corrected chi connectivity index (χ3v) is 1.54. The Morgan fingerprint density at radius 1 is 1.55 bits per heavy atom. The predicted molar refractivity (Wildman–Crippen MR) is 39.4 cm³/mol. The van der Waals surface area contributed by atoms with Crippen LogP contribution in [0.15, 0.2) is 29.1 Å². The Kier molecular flexibility index (Phi) is 1.22. The zero-order valence-corrected chi connectivity index (χ0v) is 5.65. The Hall–Kier alpha value is -1.64. The Balaban J connectivity index is 2.86. The van der Waals surface area contributed by atoms with Gasteiger partial charge < -0.3 is 4.42 Å². The number of hydrogen-bond donors (Lipinski definition) is 0. The minimum atomic E-state index is 0.572. The molecule has 0 aliphatic rings. The second-order valence-corrected chi connectivity index (χ2v) is 2.18. The molecule has 3 heteroatoms. The van der Waals surface area contributed by atoms with Crippen LogP contribution in [0.3, 0.4) is 0 Å². The molecule has 0 N–H and O–H groups in total. The van der Waals surface area contributed by atoms with Gasteiger partial charge in [0.2, 0.25) is 0 Å². The fraction of sp³-hybridized carbons (Fsp3) is 0. The first-order valence-electron chi connectivity index (χ1n) is 3.18. The number of pyridine rings is 1. The van der Waals surface area contributed by atoms with Gasteiger partial charge in [-0.15, -0.1) is 0 Å². The first kappa shape index (κ1) is 6.09. The molecule has 0 spiro atoms. The average Bonchev–Trinajstić information content (AvgIpc) is 2.47. The second kappa shape index (κ2) is 2.20. The molecule has 0 bridgehead atoms. The molecule has 0 fully saturated rings. The number of nitrogens with zero attached hydrogens (tertiary/aromatic N) is 1. The van der Waals surface area contributed by atoms with Crippen LogP contribution < -0.4 is 0 Å². The van der Waals surface area contributed by atoms with E-state index >= 15 is 0 Å². The van der Waals surface area contributed by atoms with Crippen LogP contribution in [0.25, 0.3) is 11.0 Å². The minimum absolute atomic E-state index is 0.572. The van der Waals surface area contributed by atoms with E-state index in [0.717, 1.165) is 11.7 Å². The maximum absolute atomic E-state index is 10.4. The SMILES string of the molecule is O=Cc1coc2cnccc12. The van der Waals surface area contributed by atoms with Gasteiger partial charge in [-0.3, -0.25) is 9.78 Å². The summed E-state index contributed by atoms with van der Waals surface area (Å²) < 4.78 is 5.05. The minimum Gasteiger partial charge on any atom is -0.462 e. The second-order valence-electron chi connectivity index (χ2n) is 2.18. The van der Waals surface area contributed by atoms with Crippen LogP contribution in [-0.2, 0) is 0 Å². The lowest BCUT2D eigenvalue weighted by Gasteiger charge is -1.83. The van der Waals surface area contributed by atoms with E-state index in [1.165, 1.54) is 6.26 Å². The predicted octanol–water partition coefficient (Wildman–Crippen LogP) is 1.64. The molecule has 0 aromatic carbocycles. The molecule has 0 aliphatic carbocycles. The molecule has 2 heterocycles. The van der Waals surface area contributed by atoms with Crippen LogP contribution in [0.1, 0.15) is 10.4 Å². The van der Waals surface area contributed by atoms with E-state index in [9.17, 15) is 4.79 Å². The molecular formula is C8H5NO2. The molecule has 0 radical (unpaired) electrons. The highest BCUT2D eigenvalue weighted by atomic mass is 16.3. The summed E-state index contributed by atoms with van der Waals surface area (Å²) in [5.74, 6) is 0. The van der Waals surface area contributed by atoms with Gasteiger partial charge in [-0.05, 0) is 6.07 Å². The summed E-state index contributed by atoms with van der Waals surface area (Å²) in [4.78, 5) is 14.3. The van der Waals surface area contributed by atoms with Crippen molar-refractivity contribution in [3.8, 4) is 0 Å². The quantitative estimate of drug-likeness (QED) is 0.576. The highest BCUT2D eigenvalue weighted by Gasteiger charge is 2.02. The zero-order valence-electron chi connectivity index (χ0n) is 5.65. The molecule has 3 nitrogen and oxygen atoms in total. The molecule has 11 heavy (non-hydrogen) atoms. The van der Waals surface area contributed by atoms with E-state index in [2.05, 4.69) is 4.98 Å². The molecule has 0 atom stereocenters. The summed E-state index contributed by atoms with van der Waals surface area (Å²) >= 11 is 0. The lowest BCUT2D eigenvalue weighted by molar-refractivity contribution is 0.112. The van der Waals surface area contributed by atoms with E-state index in [1.54, 1.807) is 18.5 Å². The Morgan fingerprint density at radius 3 is 3.27 bits per heavy atom. The lowest BCUT2D eigenvalue weighted by Crippen LogP contribution is -1.74. The van der Waals surface area contributed by atoms with Gasteiger partial charge in [-0.1, -0.05) is 0 Å². The lowest BCUT2D eigenvalue weighted by atomic mass is 10.2. The molecule has 2 aromatic heterocycles. The molecule has 54 valence electrons. The number of hydrogen-bond acceptors (Lipinski definition) is 3. The van der Waals surface area contributed by atoms with Crippen molar-refractivity contribution in [3.63, 3.8) is 0 Å². The van der Waals surface area contributed by atoms with Crippen LogP contribution in [0.2, 0.25) is 0 Å². The highest BCUT2D eigenvalue weighted by Crippen LogP contribution is 2.17. The van der Waals surface area contributed by atoms with Crippen molar-refractivity contribution >= 4 is 17.3 Å². The largest absolute Gasteiger partial charge is 0.462 e. The van der Waals surface area contributed by atoms with Crippen LogP contribution in [0.4, 0.5) is 0 Å². The Morgan fingerprint density at radius 2 is 2.45 bits per heavy atom. The van der Waals surface area contributed by atoms with Crippen molar-refractivity contribution in [3.05, 3.63) is 30.3 Å². The highest BCUT2D eigenvalue weighted by molar-refractivity contribution is 5.95. The van der Waals surface area contributed by atoms with Gasteiger partial charge in [-0.25, -0.2) is 0 Å². The Bertz CT molecular complexity index is 392. The molecule has 0 saturated carbocycles. The maximum atomic E-state index is 10.4. The number of carbonyl (C=O) groups is 1. The average molecular weight is 147 g/mol. The maximum Gasteiger partial charge on any atom is 0.153 e. The van der Waals surface area contributed by atoms with Crippen LogP contribution >= 0.6 is 0 Å². The normalized spacial score (nSPS) is 10.2. The third kappa shape index (κ3) is 0.816. The van der Waals surface area contributed by atoms with Crippen molar-refractivity contribution < 1.29 is 9.21 Å². The summed E-state index contributed by atoms with van der Waals surface area (Å²) in [6.45, 7) is 0. The summed E-state index contributed by atoms with van der Waals surface area (Å²) in [6, 6.07) is 1.75. The standard InChI is InChI=1S/C8H5NO2/c10-4-6-5-11-8-3-9-2-1-7(6)8/h1-5H. The van der Waals surface area contributed by atoms with Gasteiger partial charge >= 0.3 is 0 Å². The van der Waals surface area contributed by atoms with Gasteiger partial charge in [0.05, 0.1) is 11.8 Å². The van der Waals surface area contributed by atoms with Crippen molar-refractivity contribution in [2.45, 2.75) is 0 Å². The number of fused-ring (bicyclic) bond motifs is 1. The van der Waals surface area contributed by atoms with Crippen molar-refractivity contribution in [2.75, 3.05) is 0 Å². The summed E-state index contributed by atoms with van der Waals surface area (Å²) in [5, 5.41) is 0.815. The van der Waals surface area contributed by atoms with Crippen molar-refractivity contribution in [1.29, 1.82) is 0 Å². The first-order chi connectivity index (χ1) is 5.42. The van der Waals surface area contributed by atoms with Crippen LogP contribution in [-0.4, -0.2) is 11.3 Å². The first-order valence-corrected chi connectivity index (χ1v) is 3.18. The number of rotatable bonds is 1. The molecule has 2 rings (SSSR count). The molecule has 0 amide bonds. The number of furan rings is 1. The molecular weight excluding hydrogens is 142 g/mol. The third-order valence-electron chi connectivity index (χ3n) is 1.54. The molecule has 0 saturated heterocycles. The van der Waals surface area contributed by atoms with Crippen molar-refractivity contribution in [1.82, 2.24) is 4.98 Å². The zero-order chi connectivity index (χ0) is 7.68. The van der Waals surface area contributed by atoms with Crippen LogP contribution in [0.5, 0.6) is 0 Å². The summed E-state index contributed by atoms with van der Waals surface area (Å²) in [5.41, 5.74) is 1.22. The molecule has 0 aliphatic heterocycles. The van der Waals surface area contributed by atoms with Crippen LogP contribution in [0, 0.1) is 0 Å².